The maximum Gasteiger partial charge on any atom is 0.283 e. The number of hydrogen-bond acceptors (Lipinski definition) is 6. The van der Waals surface area contributed by atoms with E-state index in [0.717, 1.165) is 27.9 Å². The first-order chi connectivity index (χ1) is 14.3. The first-order valence-electron chi connectivity index (χ1n) is 8.61. The van der Waals surface area contributed by atoms with Crippen LogP contribution in [0.5, 0.6) is 0 Å². The predicted octanol–water partition coefficient (Wildman–Crippen LogP) is 3.43. The van der Waals surface area contributed by atoms with E-state index < -0.39 is 10.8 Å². The summed E-state index contributed by atoms with van der Waals surface area (Å²) in [6, 6.07) is 13.3. The van der Waals surface area contributed by atoms with Crippen molar-refractivity contribution in [1.82, 2.24) is 9.78 Å². The SMILES string of the molecule is NC(=O)c1ccc(SCC(=O)Nc2ccnn2Cc2ccccc2Br)c([N+](=O)[O-])c1. The molecule has 0 aliphatic rings. The number of nitrogens with zero attached hydrogens (tertiary/aromatic N) is 3. The molecule has 1 aromatic heterocycles. The van der Waals surface area contributed by atoms with Crippen molar-refractivity contribution in [2.45, 2.75) is 11.4 Å². The average molecular weight is 490 g/mol. The summed E-state index contributed by atoms with van der Waals surface area (Å²) < 4.78 is 2.58. The number of nitro groups is 1. The molecule has 0 fully saturated rings. The van der Waals surface area contributed by atoms with Crippen LogP contribution in [0.1, 0.15) is 15.9 Å². The highest BCUT2D eigenvalue weighted by Gasteiger charge is 2.18. The normalized spacial score (nSPS) is 10.6. The molecule has 0 aliphatic carbocycles. The molecule has 3 rings (SSSR count). The van der Waals surface area contributed by atoms with Crippen LogP contribution in [0.4, 0.5) is 11.5 Å². The number of carbonyl (C=O) groups excluding carboxylic acids is 2. The summed E-state index contributed by atoms with van der Waals surface area (Å²) in [5.74, 6) is -0.653. The quantitative estimate of drug-likeness (QED) is 0.282. The van der Waals surface area contributed by atoms with Crippen LogP contribution >= 0.6 is 27.7 Å². The highest BCUT2D eigenvalue weighted by Crippen LogP contribution is 2.30. The van der Waals surface area contributed by atoms with Crippen molar-refractivity contribution >= 4 is 51.0 Å². The Hall–Kier alpha value is -3.18. The third-order valence-electron chi connectivity index (χ3n) is 4.06. The van der Waals surface area contributed by atoms with Gasteiger partial charge in [-0.1, -0.05) is 34.1 Å². The Labute approximate surface area is 183 Å². The van der Waals surface area contributed by atoms with E-state index in [1.54, 1.807) is 16.9 Å². The van der Waals surface area contributed by atoms with Crippen molar-refractivity contribution < 1.29 is 14.5 Å². The van der Waals surface area contributed by atoms with Crippen molar-refractivity contribution in [1.29, 1.82) is 0 Å². The van der Waals surface area contributed by atoms with Crippen molar-refractivity contribution in [2.24, 2.45) is 5.73 Å². The van der Waals surface area contributed by atoms with Crippen LogP contribution in [0.25, 0.3) is 0 Å². The first kappa shape index (κ1) is 21.5. The summed E-state index contributed by atoms with van der Waals surface area (Å²) in [6.07, 6.45) is 1.58. The summed E-state index contributed by atoms with van der Waals surface area (Å²) in [6.45, 7) is 0.456. The van der Waals surface area contributed by atoms with Crippen LogP contribution in [0.15, 0.2) is 64.1 Å². The lowest BCUT2D eigenvalue weighted by Crippen LogP contribution is -2.18. The van der Waals surface area contributed by atoms with E-state index in [9.17, 15) is 19.7 Å². The minimum Gasteiger partial charge on any atom is -0.366 e. The Morgan fingerprint density at radius 2 is 2.00 bits per heavy atom. The maximum atomic E-state index is 12.4. The minimum absolute atomic E-state index is 0.0338. The number of thioether (sulfide) groups is 1. The number of nitro benzene ring substituents is 1. The molecule has 30 heavy (non-hydrogen) atoms. The topological polar surface area (TPSA) is 133 Å². The zero-order valence-corrected chi connectivity index (χ0v) is 17.9. The minimum atomic E-state index is -0.759. The maximum absolute atomic E-state index is 12.4. The second kappa shape index (κ2) is 9.55. The molecule has 2 aromatic carbocycles. The molecule has 0 atom stereocenters. The number of nitrogens with one attached hydrogen (secondary N) is 1. The van der Waals surface area contributed by atoms with Gasteiger partial charge in [0.2, 0.25) is 11.8 Å². The van der Waals surface area contributed by atoms with Crippen molar-refractivity contribution in [2.75, 3.05) is 11.1 Å². The van der Waals surface area contributed by atoms with E-state index in [-0.39, 0.29) is 27.8 Å². The third kappa shape index (κ3) is 5.24. The molecule has 3 aromatic rings. The van der Waals surface area contributed by atoms with Gasteiger partial charge in [0.15, 0.2) is 0 Å². The number of benzene rings is 2. The van der Waals surface area contributed by atoms with Gasteiger partial charge in [-0.25, -0.2) is 4.68 Å². The smallest absolute Gasteiger partial charge is 0.283 e. The standard InChI is InChI=1S/C19H16BrN5O4S/c20-14-4-2-1-3-13(14)10-24-17(7-8-22-24)23-18(26)11-30-16-6-5-12(19(21)27)9-15(16)25(28)29/h1-9H,10-11H2,(H2,21,27)(H,23,26). The third-order valence-corrected chi connectivity index (χ3v) is 5.90. The van der Waals surface area contributed by atoms with Crippen LogP contribution in [-0.2, 0) is 11.3 Å². The highest BCUT2D eigenvalue weighted by atomic mass is 79.9. The monoisotopic (exact) mass is 489 g/mol. The zero-order valence-electron chi connectivity index (χ0n) is 15.4. The number of carbonyl (C=O) groups is 2. The molecule has 0 saturated heterocycles. The van der Waals surface area contributed by atoms with Gasteiger partial charge >= 0.3 is 0 Å². The molecule has 0 aliphatic heterocycles. The molecule has 11 heteroatoms. The van der Waals surface area contributed by atoms with Gasteiger partial charge in [0, 0.05) is 22.2 Å². The Kier molecular flexibility index (Phi) is 6.85. The van der Waals surface area contributed by atoms with Gasteiger partial charge in [-0.05, 0) is 23.8 Å². The van der Waals surface area contributed by atoms with E-state index in [2.05, 4.69) is 26.3 Å². The number of aromatic nitrogens is 2. The largest absolute Gasteiger partial charge is 0.366 e. The number of hydrogen-bond donors (Lipinski definition) is 2. The lowest BCUT2D eigenvalue weighted by molar-refractivity contribution is -0.387. The van der Waals surface area contributed by atoms with E-state index in [0.29, 0.717) is 12.4 Å². The molecule has 0 saturated carbocycles. The van der Waals surface area contributed by atoms with Crippen molar-refractivity contribution in [3.63, 3.8) is 0 Å². The number of amides is 2. The Balaban J connectivity index is 1.66. The van der Waals surface area contributed by atoms with Crippen LogP contribution in [0.3, 0.4) is 0 Å². The van der Waals surface area contributed by atoms with Crippen molar-refractivity contribution in [3.05, 3.63) is 80.4 Å². The number of primary amides is 1. The number of halogens is 1. The molecule has 1 heterocycles. The fourth-order valence-electron chi connectivity index (χ4n) is 2.61. The molecule has 0 bridgehead atoms. The molecular formula is C19H16BrN5O4S. The van der Waals surface area contributed by atoms with Gasteiger partial charge in [-0.2, -0.15) is 5.10 Å². The molecule has 154 valence electrons. The van der Waals surface area contributed by atoms with E-state index >= 15 is 0 Å². The number of rotatable bonds is 8. The van der Waals surface area contributed by atoms with E-state index in [4.69, 9.17) is 5.73 Å². The van der Waals surface area contributed by atoms with Crippen LogP contribution in [-0.4, -0.2) is 32.3 Å². The molecule has 2 amide bonds. The molecule has 0 radical (unpaired) electrons. The van der Waals surface area contributed by atoms with Gasteiger partial charge in [0.05, 0.1) is 28.3 Å². The second-order valence-electron chi connectivity index (χ2n) is 6.11. The van der Waals surface area contributed by atoms with Gasteiger partial charge in [0.25, 0.3) is 5.69 Å². The predicted molar refractivity (Wildman–Crippen MR) is 116 cm³/mol. The van der Waals surface area contributed by atoms with E-state index in [1.807, 2.05) is 24.3 Å². The van der Waals surface area contributed by atoms with Crippen molar-refractivity contribution in [3.8, 4) is 0 Å². The van der Waals surface area contributed by atoms with E-state index in [1.165, 1.54) is 12.1 Å². The Bertz CT molecular complexity index is 1120. The molecular weight excluding hydrogens is 474 g/mol. The molecule has 3 N–H and O–H groups in total. The Morgan fingerprint density at radius 1 is 1.23 bits per heavy atom. The van der Waals surface area contributed by atoms with Crippen LogP contribution in [0, 0.1) is 10.1 Å². The lowest BCUT2D eigenvalue weighted by atomic mass is 10.2. The zero-order chi connectivity index (χ0) is 21.7. The van der Waals surface area contributed by atoms with Gasteiger partial charge in [-0.15, -0.1) is 11.8 Å². The van der Waals surface area contributed by atoms with Crippen LogP contribution < -0.4 is 11.1 Å². The number of anilines is 1. The molecule has 0 spiro atoms. The summed E-state index contributed by atoms with van der Waals surface area (Å²) in [5, 5.41) is 18.3. The summed E-state index contributed by atoms with van der Waals surface area (Å²) in [4.78, 5) is 34.5. The summed E-state index contributed by atoms with van der Waals surface area (Å²) in [7, 11) is 0. The lowest BCUT2D eigenvalue weighted by Gasteiger charge is -2.10. The average Bonchev–Trinajstić information content (AvgIpc) is 3.14. The first-order valence-corrected chi connectivity index (χ1v) is 10.4. The second-order valence-corrected chi connectivity index (χ2v) is 7.98. The van der Waals surface area contributed by atoms with Crippen LogP contribution in [0.2, 0.25) is 0 Å². The fourth-order valence-corrected chi connectivity index (χ4v) is 3.82. The summed E-state index contributed by atoms with van der Waals surface area (Å²) in [5.41, 5.74) is 5.92. The van der Waals surface area contributed by atoms with Gasteiger partial charge in [0.1, 0.15) is 5.82 Å². The van der Waals surface area contributed by atoms with Gasteiger partial charge < -0.3 is 11.1 Å². The summed E-state index contributed by atoms with van der Waals surface area (Å²) >= 11 is 4.48. The Morgan fingerprint density at radius 3 is 2.70 bits per heavy atom. The fraction of sp³-hybridized carbons (Fsp3) is 0.105. The highest BCUT2D eigenvalue weighted by molar-refractivity contribution is 9.10. The molecule has 0 unspecified atom stereocenters. The molecule has 9 nitrogen and oxygen atoms in total. The van der Waals surface area contributed by atoms with Gasteiger partial charge in [-0.3, -0.25) is 19.7 Å². The number of nitrogens with two attached hydrogens (primary N) is 1.